The highest BCUT2D eigenvalue weighted by molar-refractivity contribution is 6.15. The molecule has 0 heterocycles. The van der Waals surface area contributed by atoms with E-state index < -0.39 is 0 Å². The number of carbonyl (C=O) groups is 1. The van der Waals surface area contributed by atoms with E-state index in [0.717, 1.165) is 5.56 Å². The lowest BCUT2D eigenvalue weighted by Crippen LogP contribution is -1.95. The third-order valence-corrected chi connectivity index (χ3v) is 3.35. The van der Waals surface area contributed by atoms with Crippen LogP contribution < -0.4 is 0 Å². The lowest BCUT2D eigenvalue weighted by Gasteiger charge is -2.00. The van der Waals surface area contributed by atoms with Gasteiger partial charge in [-0.25, -0.2) is 0 Å². The Bertz CT molecular complexity index is 744. The van der Waals surface area contributed by atoms with Crippen molar-refractivity contribution in [3.8, 4) is 17.2 Å². The largest absolute Gasteiger partial charge is 0.508 e. The Morgan fingerprint density at radius 1 is 0.950 bits per heavy atom. The van der Waals surface area contributed by atoms with Gasteiger partial charge < -0.3 is 15.3 Å². The molecule has 0 atom stereocenters. The lowest BCUT2D eigenvalue weighted by molar-refractivity contribution is 0.104. The fraction of sp³-hybridized carbons (Fsp3) is 0.0625. The Hall–Kier alpha value is -2.75. The fourth-order valence-electron chi connectivity index (χ4n) is 2.34. The van der Waals surface area contributed by atoms with Gasteiger partial charge in [0.1, 0.15) is 5.75 Å². The number of aromatic hydroxyl groups is 3. The van der Waals surface area contributed by atoms with E-state index in [0.29, 0.717) is 23.1 Å². The van der Waals surface area contributed by atoms with Crippen LogP contribution in [-0.2, 0) is 6.42 Å². The average Bonchev–Trinajstić information content (AvgIpc) is 2.71. The Morgan fingerprint density at radius 3 is 2.50 bits per heavy atom. The van der Waals surface area contributed by atoms with Crippen molar-refractivity contribution >= 4 is 11.9 Å². The van der Waals surface area contributed by atoms with Gasteiger partial charge in [-0.3, -0.25) is 4.79 Å². The van der Waals surface area contributed by atoms with Crippen molar-refractivity contribution in [2.45, 2.75) is 6.42 Å². The first-order valence-electron chi connectivity index (χ1n) is 6.14. The van der Waals surface area contributed by atoms with Gasteiger partial charge in [0.25, 0.3) is 0 Å². The minimum absolute atomic E-state index is 0.0700. The van der Waals surface area contributed by atoms with E-state index >= 15 is 0 Å². The van der Waals surface area contributed by atoms with Crippen molar-refractivity contribution < 1.29 is 20.1 Å². The van der Waals surface area contributed by atoms with E-state index in [9.17, 15) is 20.1 Å². The van der Waals surface area contributed by atoms with E-state index in [1.165, 1.54) is 18.2 Å². The normalized spacial score (nSPS) is 15.6. The molecule has 0 radical (unpaired) electrons. The molecule has 0 aliphatic heterocycles. The van der Waals surface area contributed by atoms with Crippen LogP contribution in [0, 0.1) is 0 Å². The molecule has 0 spiro atoms. The molecule has 0 saturated carbocycles. The number of Topliss-reactive ketones (excluding diaryl/α,β-unsaturated/α-hetero) is 1. The number of fused-ring (bicyclic) bond motifs is 1. The van der Waals surface area contributed by atoms with Crippen LogP contribution in [-0.4, -0.2) is 21.1 Å². The molecule has 2 aromatic carbocycles. The first-order valence-corrected chi connectivity index (χ1v) is 6.14. The summed E-state index contributed by atoms with van der Waals surface area (Å²) in [7, 11) is 0. The van der Waals surface area contributed by atoms with Gasteiger partial charge >= 0.3 is 0 Å². The number of allylic oxidation sites excluding steroid dienone is 1. The Morgan fingerprint density at radius 2 is 1.75 bits per heavy atom. The molecule has 0 unspecified atom stereocenters. The van der Waals surface area contributed by atoms with Gasteiger partial charge in [-0.05, 0) is 41.5 Å². The van der Waals surface area contributed by atoms with Crippen molar-refractivity contribution in [3.63, 3.8) is 0 Å². The standard InChI is InChI=1S/C16H12O4/c17-12-3-2-10-7-11(16(20)13(10)8-12)5-9-1-4-14(18)15(19)6-9/h1-6,8,17-19H,7H2/b11-5+. The van der Waals surface area contributed by atoms with Crippen molar-refractivity contribution in [1.82, 2.24) is 0 Å². The molecule has 0 fully saturated rings. The van der Waals surface area contributed by atoms with Crippen molar-refractivity contribution in [3.05, 3.63) is 58.7 Å². The predicted molar refractivity (Wildman–Crippen MR) is 73.9 cm³/mol. The first-order chi connectivity index (χ1) is 9.54. The summed E-state index contributed by atoms with van der Waals surface area (Å²) in [6, 6.07) is 9.15. The fourth-order valence-corrected chi connectivity index (χ4v) is 2.34. The number of rotatable bonds is 1. The number of phenolic OH excluding ortho intramolecular Hbond substituents is 3. The maximum absolute atomic E-state index is 12.2. The smallest absolute Gasteiger partial charge is 0.189 e. The highest BCUT2D eigenvalue weighted by Crippen LogP contribution is 2.31. The van der Waals surface area contributed by atoms with Gasteiger partial charge in [0.15, 0.2) is 17.3 Å². The maximum Gasteiger partial charge on any atom is 0.189 e. The number of ketones is 1. The van der Waals surface area contributed by atoms with E-state index in [1.54, 1.807) is 24.3 Å². The van der Waals surface area contributed by atoms with Crippen LogP contribution in [0.5, 0.6) is 17.2 Å². The van der Waals surface area contributed by atoms with Crippen molar-refractivity contribution in [1.29, 1.82) is 0 Å². The second kappa shape index (κ2) is 4.42. The molecule has 0 amide bonds. The van der Waals surface area contributed by atoms with Crippen LogP contribution in [0.3, 0.4) is 0 Å². The third-order valence-electron chi connectivity index (χ3n) is 3.35. The van der Waals surface area contributed by atoms with Gasteiger partial charge in [0, 0.05) is 17.6 Å². The Kier molecular flexibility index (Phi) is 2.71. The van der Waals surface area contributed by atoms with Crippen LogP contribution in [0.2, 0.25) is 0 Å². The third kappa shape index (κ3) is 2.01. The van der Waals surface area contributed by atoms with Crippen LogP contribution in [0.1, 0.15) is 21.5 Å². The molecular weight excluding hydrogens is 256 g/mol. The number of benzene rings is 2. The minimum atomic E-state index is -0.222. The quantitative estimate of drug-likeness (QED) is 0.549. The summed E-state index contributed by atoms with van der Waals surface area (Å²) in [5.41, 5.74) is 2.62. The molecular formula is C16H12O4. The molecule has 1 aliphatic carbocycles. The molecule has 100 valence electrons. The van der Waals surface area contributed by atoms with Gasteiger partial charge in [0.2, 0.25) is 0 Å². The number of hydrogen-bond donors (Lipinski definition) is 3. The molecule has 4 heteroatoms. The maximum atomic E-state index is 12.2. The Balaban J connectivity index is 1.99. The van der Waals surface area contributed by atoms with Gasteiger partial charge in [-0.1, -0.05) is 12.1 Å². The SMILES string of the molecule is O=C1/C(=C/c2ccc(O)c(O)c2)Cc2ccc(O)cc21. The molecule has 3 N–H and O–H groups in total. The highest BCUT2D eigenvalue weighted by atomic mass is 16.3. The average molecular weight is 268 g/mol. The second-order valence-corrected chi connectivity index (χ2v) is 4.77. The molecule has 1 aliphatic rings. The van der Waals surface area contributed by atoms with E-state index in [-0.39, 0.29) is 23.0 Å². The van der Waals surface area contributed by atoms with Gasteiger partial charge in [0.05, 0.1) is 0 Å². The number of phenols is 3. The number of carbonyl (C=O) groups excluding carboxylic acids is 1. The lowest BCUT2D eigenvalue weighted by atomic mass is 10.1. The molecule has 2 aromatic rings. The topological polar surface area (TPSA) is 77.8 Å². The van der Waals surface area contributed by atoms with Crippen LogP contribution in [0.25, 0.3) is 6.08 Å². The summed E-state index contributed by atoms with van der Waals surface area (Å²) in [4.78, 5) is 12.2. The Labute approximate surface area is 115 Å². The van der Waals surface area contributed by atoms with E-state index in [2.05, 4.69) is 0 Å². The molecule has 20 heavy (non-hydrogen) atoms. The van der Waals surface area contributed by atoms with E-state index in [4.69, 9.17) is 0 Å². The van der Waals surface area contributed by atoms with Crippen molar-refractivity contribution in [2.24, 2.45) is 0 Å². The predicted octanol–water partition coefficient (Wildman–Crippen LogP) is 2.63. The number of hydrogen-bond acceptors (Lipinski definition) is 4. The zero-order chi connectivity index (χ0) is 14.3. The highest BCUT2D eigenvalue weighted by Gasteiger charge is 2.24. The second-order valence-electron chi connectivity index (χ2n) is 4.77. The minimum Gasteiger partial charge on any atom is -0.508 e. The van der Waals surface area contributed by atoms with Gasteiger partial charge in [-0.15, -0.1) is 0 Å². The van der Waals surface area contributed by atoms with E-state index in [1.807, 2.05) is 0 Å². The molecule has 3 rings (SSSR count). The monoisotopic (exact) mass is 268 g/mol. The summed E-state index contributed by atoms with van der Waals surface area (Å²) in [5.74, 6) is -0.470. The summed E-state index contributed by atoms with van der Waals surface area (Å²) in [5, 5.41) is 28.1. The zero-order valence-corrected chi connectivity index (χ0v) is 10.5. The molecule has 4 nitrogen and oxygen atoms in total. The summed E-state index contributed by atoms with van der Waals surface area (Å²) < 4.78 is 0. The summed E-state index contributed by atoms with van der Waals surface area (Å²) >= 11 is 0. The van der Waals surface area contributed by atoms with Crippen LogP contribution in [0.4, 0.5) is 0 Å². The first kappa shape index (κ1) is 12.3. The van der Waals surface area contributed by atoms with Crippen LogP contribution in [0.15, 0.2) is 42.0 Å². The van der Waals surface area contributed by atoms with Crippen molar-refractivity contribution in [2.75, 3.05) is 0 Å². The molecule has 0 bridgehead atoms. The zero-order valence-electron chi connectivity index (χ0n) is 10.5. The van der Waals surface area contributed by atoms with Crippen LogP contribution >= 0.6 is 0 Å². The summed E-state index contributed by atoms with van der Waals surface area (Å²) in [6.07, 6.45) is 2.18. The summed E-state index contributed by atoms with van der Waals surface area (Å²) in [6.45, 7) is 0. The molecule has 0 aromatic heterocycles. The molecule has 0 saturated heterocycles. The van der Waals surface area contributed by atoms with Gasteiger partial charge in [-0.2, -0.15) is 0 Å².